The van der Waals surface area contributed by atoms with Crippen LogP contribution in [0.5, 0.6) is 0 Å². The molecule has 0 unspecified atom stereocenters. The second-order valence-corrected chi connectivity index (χ2v) is 7.55. The Labute approximate surface area is 192 Å². The molecule has 0 aliphatic carbocycles. The van der Waals surface area contributed by atoms with Gasteiger partial charge in [0.25, 0.3) is 0 Å². The molecule has 1 amide bonds. The first-order valence-corrected chi connectivity index (χ1v) is 10.8. The molecule has 0 atom stereocenters. The van der Waals surface area contributed by atoms with Crippen LogP contribution >= 0.6 is 23.8 Å². The van der Waals surface area contributed by atoms with Crippen LogP contribution in [0.3, 0.4) is 0 Å². The summed E-state index contributed by atoms with van der Waals surface area (Å²) in [6.07, 6.45) is 2.97. The van der Waals surface area contributed by atoms with Crippen LogP contribution in [0.2, 0.25) is 5.02 Å². The Morgan fingerprint density at radius 2 is 1.71 bits per heavy atom. The van der Waals surface area contributed by atoms with Crippen molar-refractivity contribution in [1.29, 1.82) is 0 Å². The van der Waals surface area contributed by atoms with E-state index in [2.05, 4.69) is 29.4 Å². The highest BCUT2D eigenvalue weighted by atomic mass is 35.5. The van der Waals surface area contributed by atoms with Gasteiger partial charge in [-0.05, 0) is 92.8 Å². The van der Waals surface area contributed by atoms with Crippen LogP contribution in [0.4, 0.5) is 11.4 Å². The van der Waals surface area contributed by atoms with E-state index in [4.69, 9.17) is 28.2 Å². The first-order valence-electron chi connectivity index (χ1n) is 9.99. The maximum absolute atomic E-state index is 12.2. The highest BCUT2D eigenvalue weighted by Crippen LogP contribution is 2.24. The van der Waals surface area contributed by atoms with Gasteiger partial charge in [-0.25, -0.2) is 0 Å². The summed E-state index contributed by atoms with van der Waals surface area (Å²) in [6, 6.07) is 18.9. The number of nitrogens with one attached hydrogen (secondary N) is 2. The van der Waals surface area contributed by atoms with Gasteiger partial charge in [-0.2, -0.15) is 0 Å². The van der Waals surface area contributed by atoms with Crippen LogP contribution in [-0.4, -0.2) is 24.1 Å². The lowest BCUT2D eigenvalue weighted by atomic mass is 10.2. The molecule has 0 fully saturated rings. The number of halogens is 1. The molecule has 3 aromatic rings. The molecule has 1 heterocycles. The lowest BCUT2D eigenvalue weighted by Gasteiger charge is -2.21. The van der Waals surface area contributed by atoms with Crippen molar-refractivity contribution in [2.75, 3.05) is 23.3 Å². The number of thiocarbonyl (C=S) groups is 1. The second kappa shape index (κ2) is 10.8. The molecular weight excluding hydrogens is 430 g/mol. The van der Waals surface area contributed by atoms with E-state index in [1.807, 2.05) is 42.5 Å². The zero-order valence-electron chi connectivity index (χ0n) is 17.4. The molecular formula is C24H24ClN3O2S. The number of hydrogen-bond acceptors (Lipinski definition) is 4. The van der Waals surface area contributed by atoms with E-state index in [0.717, 1.165) is 30.0 Å². The molecule has 7 heteroatoms. The van der Waals surface area contributed by atoms with Crippen molar-refractivity contribution in [2.45, 2.75) is 13.8 Å². The van der Waals surface area contributed by atoms with E-state index >= 15 is 0 Å². The van der Waals surface area contributed by atoms with Gasteiger partial charge in [0, 0.05) is 41.1 Å². The van der Waals surface area contributed by atoms with Gasteiger partial charge in [-0.1, -0.05) is 11.6 Å². The molecule has 0 bridgehead atoms. The standard InChI is InChI=1S/C24H24ClN3O2S/c1-3-28(4-2)20-11-9-19(10-12-20)26-24(31)27-23(29)16-14-21-13-15-22(30-21)17-5-7-18(25)8-6-17/h5-16H,3-4H2,1-2H3,(H2,26,27,29,31). The third-order valence-corrected chi connectivity index (χ3v) is 5.10. The topological polar surface area (TPSA) is 57.5 Å². The number of anilines is 2. The summed E-state index contributed by atoms with van der Waals surface area (Å²) in [5, 5.41) is 6.54. The molecule has 0 spiro atoms. The van der Waals surface area contributed by atoms with Gasteiger partial charge in [0.2, 0.25) is 5.91 Å². The fourth-order valence-electron chi connectivity index (χ4n) is 3.03. The van der Waals surface area contributed by atoms with Crippen LogP contribution in [0.15, 0.2) is 71.2 Å². The summed E-state index contributed by atoms with van der Waals surface area (Å²) in [5.74, 6) is 0.912. The van der Waals surface area contributed by atoms with Crippen LogP contribution in [0, 0.1) is 0 Å². The predicted octanol–water partition coefficient (Wildman–Crippen LogP) is 5.97. The average molecular weight is 454 g/mol. The summed E-state index contributed by atoms with van der Waals surface area (Å²) in [7, 11) is 0. The van der Waals surface area contributed by atoms with Gasteiger partial charge in [0.15, 0.2) is 5.11 Å². The minimum absolute atomic E-state index is 0.228. The number of benzene rings is 2. The van der Waals surface area contributed by atoms with Gasteiger partial charge < -0.3 is 14.6 Å². The van der Waals surface area contributed by atoms with Crippen LogP contribution in [0.25, 0.3) is 17.4 Å². The lowest BCUT2D eigenvalue weighted by molar-refractivity contribution is -0.115. The van der Waals surface area contributed by atoms with Gasteiger partial charge in [0.1, 0.15) is 11.5 Å². The Morgan fingerprint density at radius 1 is 1.03 bits per heavy atom. The minimum atomic E-state index is -0.346. The summed E-state index contributed by atoms with van der Waals surface area (Å²) >= 11 is 11.1. The maximum atomic E-state index is 12.2. The van der Waals surface area contributed by atoms with E-state index in [9.17, 15) is 4.79 Å². The number of rotatable bonds is 7. The van der Waals surface area contributed by atoms with Crippen LogP contribution in [0.1, 0.15) is 19.6 Å². The predicted molar refractivity (Wildman–Crippen MR) is 133 cm³/mol. The number of hydrogen-bond donors (Lipinski definition) is 2. The Balaban J connectivity index is 1.53. The molecule has 31 heavy (non-hydrogen) atoms. The smallest absolute Gasteiger partial charge is 0.250 e. The zero-order chi connectivity index (χ0) is 22.2. The summed E-state index contributed by atoms with van der Waals surface area (Å²) < 4.78 is 5.75. The fraction of sp³-hybridized carbons (Fsp3) is 0.167. The highest BCUT2D eigenvalue weighted by Gasteiger charge is 2.06. The third kappa shape index (κ3) is 6.44. The van der Waals surface area contributed by atoms with Crippen molar-refractivity contribution in [3.63, 3.8) is 0 Å². The summed E-state index contributed by atoms with van der Waals surface area (Å²) in [4.78, 5) is 14.4. The van der Waals surface area contributed by atoms with Gasteiger partial charge in [-0.3, -0.25) is 10.1 Å². The maximum Gasteiger partial charge on any atom is 0.250 e. The Hall–Kier alpha value is -3.09. The zero-order valence-corrected chi connectivity index (χ0v) is 19.0. The first-order chi connectivity index (χ1) is 15.0. The Kier molecular flexibility index (Phi) is 7.87. The molecule has 0 aliphatic heterocycles. The first kappa shape index (κ1) is 22.6. The van der Waals surface area contributed by atoms with E-state index < -0.39 is 0 Å². The molecule has 0 saturated heterocycles. The summed E-state index contributed by atoms with van der Waals surface area (Å²) in [6.45, 7) is 6.13. The molecule has 160 valence electrons. The molecule has 3 rings (SSSR count). The van der Waals surface area contributed by atoms with E-state index in [0.29, 0.717) is 16.5 Å². The molecule has 1 aromatic heterocycles. The van der Waals surface area contributed by atoms with E-state index in [1.165, 1.54) is 6.08 Å². The molecule has 0 aliphatic rings. The monoisotopic (exact) mass is 453 g/mol. The Morgan fingerprint density at radius 3 is 2.35 bits per heavy atom. The highest BCUT2D eigenvalue weighted by molar-refractivity contribution is 7.80. The van der Waals surface area contributed by atoms with Crippen molar-refractivity contribution in [3.05, 3.63) is 77.5 Å². The third-order valence-electron chi connectivity index (χ3n) is 4.64. The summed E-state index contributed by atoms with van der Waals surface area (Å²) in [5.41, 5.74) is 2.86. The second-order valence-electron chi connectivity index (χ2n) is 6.70. The van der Waals surface area contributed by atoms with Crippen molar-refractivity contribution in [2.24, 2.45) is 0 Å². The van der Waals surface area contributed by atoms with Gasteiger partial charge >= 0.3 is 0 Å². The molecule has 2 aromatic carbocycles. The fourth-order valence-corrected chi connectivity index (χ4v) is 3.37. The average Bonchev–Trinajstić information content (AvgIpc) is 3.24. The van der Waals surface area contributed by atoms with E-state index in [1.54, 1.807) is 24.3 Å². The number of carbonyl (C=O) groups is 1. The quantitative estimate of drug-likeness (QED) is 0.341. The molecule has 0 radical (unpaired) electrons. The van der Waals surface area contributed by atoms with Gasteiger partial charge in [0.05, 0.1) is 0 Å². The lowest BCUT2D eigenvalue weighted by Crippen LogP contribution is -2.32. The van der Waals surface area contributed by atoms with Crippen molar-refractivity contribution >= 4 is 52.3 Å². The normalized spacial score (nSPS) is 10.8. The van der Waals surface area contributed by atoms with Crippen molar-refractivity contribution in [3.8, 4) is 11.3 Å². The number of nitrogens with zero attached hydrogens (tertiary/aromatic N) is 1. The number of carbonyl (C=O) groups excluding carboxylic acids is 1. The van der Waals surface area contributed by atoms with Gasteiger partial charge in [-0.15, -0.1) is 0 Å². The Bertz CT molecular complexity index is 1060. The molecule has 2 N–H and O–H groups in total. The van der Waals surface area contributed by atoms with Crippen molar-refractivity contribution < 1.29 is 9.21 Å². The number of furan rings is 1. The molecule has 5 nitrogen and oxygen atoms in total. The van der Waals surface area contributed by atoms with E-state index in [-0.39, 0.29) is 11.0 Å². The molecule has 0 saturated carbocycles. The minimum Gasteiger partial charge on any atom is -0.457 e. The van der Waals surface area contributed by atoms with Crippen LogP contribution < -0.4 is 15.5 Å². The largest absolute Gasteiger partial charge is 0.457 e. The van der Waals surface area contributed by atoms with Crippen LogP contribution in [-0.2, 0) is 4.79 Å². The SMILES string of the molecule is CCN(CC)c1ccc(NC(=S)NC(=O)C=Cc2ccc(-c3ccc(Cl)cc3)o2)cc1. The number of amides is 1. The van der Waals surface area contributed by atoms with Crippen molar-refractivity contribution in [1.82, 2.24) is 5.32 Å².